The minimum Gasteiger partial charge on any atom is -0.494 e. The van der Waals surface area contributed by atoms with Gasteiger partial charge in [-0.25, -0.2) is 0 Å². The average Bonchev–Trinajstić information content (AvgIpc) is 2.59. The molecule has 0 bridgehead atoms. The quantitative estimate of drug-likeness (QED) is 0.773. The first-order valence-corrected chi connectivity index (χ1v) is 7.45. The number of hydrogen-bond donors (Lipinski definition) is 1. The number of carbonyl (C=O) groups excluding carboxylic acids is 1. The number of rotatable bonds is 7. The molecule has 2 aromatic rings. The number of nitrogens with one attached hydrogen (secondary N) is 1. The van der Waals surface area contributed by atoms with Crippen LogP contribution >= 0.6 is 0 Å². The highest BCUT2D eigenvalue weighted by molar-refractivity contribution is 5.81. The van der Waals surface area contributed by atoms with Gasteiger partial charge in [-0.1, -0.05) is 0 Å². The summed E-state index contributed by atoms with van der Waals surface area (Å²) in [6.45, 7) is 2.03. The molecule has 0 aliphatic rings. The third-order valence-electron chi connectivity index (χ3n) is 3.00. The Morgan fingerprint density at radius 1 is 1.08 bits per heavy atom. The lowest BCUT2D eigenvalue weighted by Crippen LogP contribution is -2.38. The Labute approximate surface area is 142 Å². The molecule has 0 saturated heterocycles. The SMILES string of the molecule is CCOc1ccc(-c2ccc(OCCNC(=O)C(F)(F)F)nn2)cc1. The second-order valence-electron chi connectivity index (χ2n) is 4.82. The van der Waals surface area contributed by atoms with Crippen LogP contribution in [0.3, 0.4) is 0 Å². The summed E-state index contributed by atoms with van der Waals surface area (Å²) in [7, 11) is 0. The molecule has 0 fully saturated rings. The van der Waals surface area contributed by atoms with Crippen LogP contribution < -0.4 is 14.8 Å². The Kier molecular flexibility index (Phi) is 6.15. The van der Waals surface area contributed by atoms with Gasteiger partial charge in [0.1, 0.15) is 12.4 Å². The molecule has 25 heavy (non-hydrogen) atoms. The van der Waals surface area contributed by atoms with Crippen LogP contribution in [0.5, 0.6) is 11.6 Å². The molecule has 1 N–H and O–H groups in total. The fourth-order valence-corrected chi connectivity index (χ4v) is 1.86. The van der Waals surface area contributed by atoms with Crippen LogP contribution in [0, 0.1) is 0 Å². The van der Waals surface area contributed by atoms with Crippen molar-refractivity contribution in [3.8, 4) is 22.9 Å². The van der Waals surface area contributed by atoms with E-state index >= 15 is 0 Å². The monoisotopic (exact) mass is 355 g/mol. The van der Waals surface area contributed by atoms with Crippen LogP contribution in [0.2, 0.25) is 0 Å². The number of nitrogens with zero attached hydrogens (tertiary/aromatic N) is 2. The maximum Gasteiger partial charge on any atom is 0.471 e. The van der Waals surface area contributed by atoms with Crippen molar-refractivity contribution in [3.63, 3.8) is 0 Å². The smallest absolute Gasteiger partial charge is 0.471 e. The summed E-state index contributed by atoms with van der Waals surface area (Å²) in [4.78, 5) is 10.6. The highest BCUT2D eigenvalue weighted by Crippen LogP contribution is 2.21. The van der Waals surface area contributed by atoms with Crippen molar-refractivity contribution >= 4 is 5.91 Å². The molecule has 0 saturated carbocycles. The highest BCUT2D eigenvalue weighted by Gasteiger charge is 2.38. The molecule has 2 rings (SSSR count). The van der Waals surface area contributed by atoms with E-state index < -0.39 is 12.1 Å². The summed E-state index contributed by atoms with van der Waals surface area (Å²) < 4.78 is 46.5. The van der Waals surface area contributed by atoms with Crippen LogP contribution in [-0.2, 0) is 4.79 Å². The molecule has 1 heterocycles. The maximum atomic E-state index is 12.0. The number of carbonyl (C=O) groups is 1. The zero-order valence-corrected chi connectivity index (χ0v) is 13.3. The van der Waals surface area contributed by atoms with E-state index in [4.69, 9.17) is 9.47 Å². The standard InChI is InChI=1S/C16H16F3N3O3/c1-2-24-12-5-3-11(4-6-12)13-7-8-14(22-21-13)25-10-9-20-15(23)16(17,18)19/h3-8H,2,9-10H2,1H3,(H,20,23). The van der Waals surface area contributed by atoms with Gasteiger partial charge in [0.15, 0.2) is 0 Å². The summed E-state index contributed by atoms with van der Waals surface area (Å²) in [6.07, 6.45) is -4.90. The first-order chi connectivity index (χ1) is 11.9. The van der Waals surface area contributed by atoms with Crippen molar-refractivity contribution in [3.05, 3.63) is 36.4 Å². The molecule has 0 atom stereocenters. The van der Waals surface area contributed by atoms with Crippen molar-refractivity contribution in [1.29, 1.82) is 0 Å². The topological polar surface area (TPSA) is 73.3 Å². The second-order valence-corrected chi connectivity index (χ2v) is 4.82. The van der Waals surface area contributed by atoms with E-state index in [0.29, 0.717) is 12.3 Å². The van der Waals surface area contributed by atoms with E-state index in [1.54, 1.807) is 17.4 Å². The molecular weight excluding hydrogens is 339 g/mol. The van der Waals surface area contributed by atoms with Crippen LogP contribution in [0.15, 0.2) is 36.4 Å². The predicted octanol–water partition coefficient (Wildman–Crippen LogP) is 2.60. The molecule has 6 nitrogen and oxygen atoms in total. The number of alkyl halides is 3. The van der Waals surface area contributed by atoms with E-state index in [0.717, 1.165) is 11.3 Å². The Bertz CT molecular complexity index is 689. The highest BCUT2D eigenvalue weighted by atomic mass is 19.4. The number of ether oxygens (including phenoxy) is 2. The van der Waals surface area contributed by atoms with Crippen molar-refractivity contribution < 1.29 is 27.4 Å². The fraction of sp³-hybridized carbons (Fsp3) is 0.312. The zero-order chi connectivity index (χ0) is 18.3. The van der Waals surface area contributed by atoms with Gasteiger partial charge in [-0.2, -0.15) is 13.2 Å². The number of benzene rings is 1. The minimum atomic E-state index is -4.90. The Balaban J connectivity index is 1.84. The van der Waals surface area contributed by atoms with Gasteiger partial charge >= 0.3 is 12.1 Å². The molecule has 0 spiro atoms. The van der Waals surface area contributed by atoms with E-state index in [1.165, 1.54) is 0 Å². The normalized spacial score (nSPS) is 11.0. The Morgan fingerprint density at radius 3 is 2.36 bits per heavy atom. The molecule has 0 unspecified atom stereocenters. The van der Waals surface area contributed by atoms with Gasteiger partial charge in [-0.3, -0.25) is 4.79 Å². The third kappa shape index (κ3) is 5.63. The van der Waals surface area contributed by atoms with Gasteiger partial charge < -0.3 is 14.8 Å². The first kappa shape index (κ1) is 18.5. The van der Waals surface area contributed by atoms with Crippen LogP contribution in [0.1, 0.15) is 6.92 Å². The first-order valence-electron chi connectivity index (χ1n) is 7.45. The van der Waals surface area contributed by atoms with E-state index in [9.17, 15) is 18.0 Å². The van der Waals surface area contributed by atoms with E-state index in [2.05, 4.69) is 10.2 Å². The predicted molar refractivity (Wildman–Crippen MR) is 83.2 cm³/mol. The van der Waals surface area contributed by atoms with Gasteiger partial charge in [0, 0.05) is 11.6 Å². The van der Waals surface area contributed by atoms with E-state index in [-0.39, 0.29) is 19.0 Å². The van der Waals surface area contributed by atoms with Crippen LogP contribution in [0.4, 0.5) is 13.2 Å². The third-order valence-corrected chi connectivity index (χ3v) is 3.00. The van der Waals surface area contributed by atoms with Gasteiger partial charge in [0.25, 0.3) is 0 Å². The molecule has 0 aliphatic heterocycles. The fourth-order valence-electron chi connectivity index (χ4n) is 1.86. The Hall–Kier alpha value is -2.84. The van der Waals surface area contributed by atoms with Crippen LogP contribution in [-0.4, -0.2) is 42.0 Å². The number of hydrogen-bond acceptors (Lipinski definition) is 5. The maximum absolute atomic E-state index is 12.0. The molecule has 1 aromatic heterocycles. The lowest BCUT2D eigenvalue weighted by atomic mass is 10.1. The van der Waals surface area contributed by atoms with Crippen molar-refractivity contribution in [2.75, 3.05) is 19.8 Å². The van der Waals surface area contributed by atoms with Crippen molar-refractivity contribution in [1.82, 2.24) is 15.5 Å². The zero-order valence-electron chi connectivity index (χ0n) is 13.3. The summed E-state index contributed by atoms with van der Waals surface area (Å²) in [6, 6.07) is 10.5. The molecule has 9 heteroatoms. The van der Waals surface area contributed by atoms with Crippen LogP contribution in [0.25, 0.3) is 11.3 Å². The summed E-state index contributed by atoms with van der Waals surface area (Å²) in [5.41, 5.74) is 1.45. The largest absolute Gasteiger partial charge is 0.494 e. The van der Waals surface area contributed by atoms with Gasteiger partial charge in [-0.05, 0) is 37.3 Å². The minimum absolute atomic E-state index is 0.149. The number of halogens is 3. The number of amides is 1. The van der Waals surface area contributed by atoms with Gasteiger partial charge in [0.2, 0.25) is 5.88 Å². The molecule has 0 aliphatic carbocycles. The molecular formula is C16H16F3N3O3. The Morgan fingerprint density at radius 2 is 1.80 bits per heavy atom. The number of aromatic nitrogens is 2. The van der Waals surface area contributed by atoms with E-state index in [1.807, 2.05) is 31.2 Å². The molecule has 1 amide bonds. The lowest BCUT2D eigenvalue weighted by molar-refractivity contribution is -0.173. The molecule has 0 radical (unpaired) electrons. The van der Waals surface area contributed by atoms with Gasteiger partial charge in [-0.15, -0.1) is 10.2 Å². The average molecular weight is 355 g/mol. The molecule has 1 aromatic carbocycles. The summed E-state index contributed by atoms with van der Waals surface area (Å²) in [5.74, 6) is -1.11. The lowest BCUT2D eigenvalue weighted by Gasteiger charge is -2.09. The van der Waals surface area contributed by atoms with Crippen molar-refractivity contribution in [2.45, 2.75) is 13.1 Å². The molecule has 134 valence electrons. The van der Waals surface area contributed by atoms with Gasteiger partial charge in [0.05, 0.1) is 18.8 Å². The second kappa shape index (κ2) is 8.32. The summed E-state index contributed by atoms with van der Waals surface area (Å²) in [5, 5.41) is 9.53. The summed E-state index contributed by atoms with van der Waals surface area (Å²) >= 11 is 0. The van der Waals surface area contributed by atoms with Crippen molar-refractivity contribution in [2.24, 2.45) is 0 Å².